The van der Waals surface area contributed by atoms with Crippen molar-refractivity contribution in [2.75, 3.05) is 19.7 Å². The van der Waals surface area contributed by atoms with Crippen LogP contribution in [0.1, 0.15) is 36.0 Å². The first-order chi connectivity index (χ1) is 13.5. The van der Waals surface area contributed by atoms with E-state index in [2.05, 4.69) is 60.1 Å². The number of H-pyrrole nitrogens is 1. The lowest BCUT2D eigenvalue weighted by Crippen LogP contribution is -2.37. The predicted octanol–water partition coefficient (Wildman–Crippen LogP) is 4.58. The summed E-state index contributed by atoms with van der Waals surface area (Å²) in [5.41, 5.74) is 4.10. The van der Waals surface area contributed by atoms with Crippen molar-refractivity contribution in [2.24, 2.45) is 0 Å². The van der Waals surface area contributed by atoms with Crippen molar-refractivity contribution < 1.29 is 9.84 Å². The molecule has 0 amide bonds. The number of nitrogens with one attached hydrogen (secondary N) is 1. The summed E-state index contributed by atoms with van der Waals surface area (Å²) < 4.78 is 6.01. The molecule has 2 aromatic carbocycles. The highest BCUT2D eigenvalue weighted by molar-refractivity contribution is 5.79. The van der Waals surface area contributed by atoms with Crippen molar-refractivity contribution in [3.05, 3.63) is 65.4 Å². The van der Waals surface area contributed by atoms with Crippen molar-refractivity contribution in [2.45, 2.75) is 45.3 Å². The molecule has 0 saturated carbocycles. The van der Waals surface area contributed by atoms with Gasteiger partial charge in [-0.15, -0.1) is 0 Å². The number of aliphatic hydroxyl groups is 1. The first kappa shape index (κ1) is 19.0. The molecule has 1 aromatic heterocycles. The van der Waals surface area contributed by atoms with Gasteiger partial charge in [-0.2, -0.15) is 0 Å². The molecule has 1 aliphatic heterocycles. The van der Waals surface area contributed by atoms with Gasteiger partial charge in [-0.3, -0.25) is 4.90 Å². The van der Waals surface area contributed by atoms with Crippen molar-refractivity contribution in [3.63, 3.8) is 0 Å². The lowest BCUT2D eigenvalue weighted by atomic mass is 9.96. The minimum absolute atomic E-state index is 0.361. The van der Waals surface area contributed by atoms with Gasteiger partial charge in [-0.1, -0.05) is 23.8 Å². The molecule has 2 N–H and O–H groups in total. The van der Waals surface area contributed by atoms with Crippen LogP contribution < -0.4 is 4.74 Å². The van der Waals surface area contributed by atoms with Gasteiger partial charge in [0.05, 0.1) is 5.60 Å². The highest BCUT2D eigenvalue weighted by Crippen LogP contribution is 2.27. The number of nitrogens with zero attached hydrogens (tertiary/aromatic N) is 1. The number of aromatic nitrogens is 1. The van der Waals surface area contributed by atoms with E-state index in [1.54, 1.807) is 0 Å². The Bertz CT molecular complexity index is 949. The van der Waals surface area contributed by atoms with Gasteiger partial charge in [0.15, 0.2) is 0 Å². The average Bonchev–Trinajstić information content (AvgIpc) is 3.05. The maximum absolute atomic E-state index is 11.1. The van der Waals surface area contributed by atoms with Crippen molar-refractivity contribution in [1.82, 2.24) is 9.88 Å². The van der Waals surface area contributed by atoms with Crippen LogP contribution in [-0.2, 0) is 6.54 Å². The molecule has 2 heterocycles. The van der Waals surface area contributed by atoms with Crippen LogP contribution >= 0.6 is 0 Å². The summed E-state index contributed by atoms with van der Waals surface area (Å²) in [7, 11) is 0. The van der Waals surface area contributed by atoms with Gasteiger partial charge in [0.25, 0.3) is 0 Å². The number of ether oxygens (including phenoxy) is 1. The van der Waals surface area contributed by atoms with Gasteiger partial charge in [0.2, 0.25) is 0 Å². The Morgan fingerprint density at radius 2 is 1.96 bits per heavy atom. The fraction of sp³-hybridized carbons (Fsp3) is 0.417. The second kappa shape index (κ2) is 7.98. The molecule has 1 fully saturated rings. The van der Waals surface area contributed by atoms with Gasteiger partial charge in [0.1, 0.15) is 12.4 Å². The summed E-state index contributed by atoms with van der Waals surface area (Å²) in [5.74, 6) is 0.875. The molecule has 1 saturated heterocycles. The highest BCUT2D eigenvalue weighted by atomic mass is 16.5. The van der Waals surface area contributed by atoms with E-state index in [1.165, 1.54) is 22.0 Å². The van der Waals surface area contributed by atoms with E-state index >= 15 is 0 Å². The Morgan fingerprint density at radius 1 is 1.07 bits per heavy atom. The monoisotopic (exact) mass is 378 g/mol. The summed E-state index contributed by atoms with van der Waals surface area (Å²) >= 11 is 0. The van der Waals surface area contributed by atoms with E-state index in [0.29, 0.717) is 6.61 Å². The molecule has 4 nitrogen and oxygen atoms in total. The minimum Gasteiger partial charge on any atom is -0.490 e. The Labute approximate surface area is 167 Å². The lowest BCUT2D eigenvalue weighted by Gasteiger charge is -2.27. The second-order valence-electron chi connectivity index (χ2n) is 8.31. The molecule has 0 aliphatic carbocycles. The fourth-order valence-electron chi connectivity index (χ4n) is 4.17. The number of hydrogen-bond acceptors (Lipinski definition) is 3. The van der Waals surface area contributed by atoms with Gasteiger partial charge < -0.3 is 14.8 Å². The quantitative estimate of drug-likeness (QED) is 0.683. The van der Waals surface area contributed by atoms with Crippen LogP contribution in [0.2, 0.25) is 0 Å². The molecule has 0 unspecified atom stereocenters. The van der Waals surface area contributed by atoms with Crippen LogP contribution in [0.5, 0.6) is 5.75 Å². The van der Waals surface area contributed by atoms with Gasteiger partial charge >= 0.3 is 0 Å². The zero-order chi connectivity index (χ0) is 19.6. The van der Waals surface area contributed by atoms with Crippen LogP contribution in [0.4, 0.5) is 0 Å². The summed E-state index contributed by atoms with van der Waals surface area (Å²) in [5, 5.41) is 12.4. The molecule has 0 radical (unpaired) electrons. The number of rotatable bonds is 5. The Kier molecular flexibility index (Phi) is 5.42. The van der Waals surface area contributed by atoms with Crippen LogP contribution in [0.25, 0.3) is 10.9 Å². The van der Waals surface area contributed by atoms with E-state index in [0.717, 1.165) is 50.2 Å². The SMILES string of the molecule is Cc1ccc(OC[C@@]2(O)CCCN(Cc3ccc4[nH]ccc4c3)CC2)c(C)c1. The molecule has 28 heavy (non-hydrogen) atoms. The van der Waals surface area contributed by atoms with Crippen molar-refractivity contribution in [3.8, 4) is 5.75 Å². The maximum Gasteiger partial charge on any atom is 0.122 e. The van der Waals surface area contributed by atoms with Crippen molar-refractivity contribution in [1.29, 1.82) is 0 Å². The molecule has 1 aliphatic rings. The first-order valence-corrected chi connectivity index (χ1v) is 10.2. The number of aryl methyl sites for hydroxylation is 2. The average molecular weight is 379 g/mol. The molecule has 3 aromatic rings. The number of benzene rings is 2. The Morgan fingerprint density at radius 3 is 2.82 bits per heavy atom. The molecule has 0 bridgehead atoms. The third kappa shape index (κ3) is 4.40. The highest BCUT2D eigenvalue weighted by Gasteiger charge is 2.31. The molecule has 4 rings (SSSR count). The Balaban J connectivity index is 1.35. The topological polar surface area (TPSA) is 48.5 Å². The van der Waals surface area contributed by atoms with Crippen molar-refractivity contribution >= 4 is 10.9 Å². The number of aromatic amines is 1. The number of hydrogen-bond donors (Lipinski definition) is 2. The smallest absolute Gasteiger partial charge is 0.122 e. The summed E-state index contributed by atoms with van der Waals surface area (Å²) in [6.45, 7) is 7.32. The second-order valence-corrected chi connectivity index (χ2v) is 8.31. The largest absolute Gasteiger partial charge is 0.490 e. The zero-order valence-electron chi connectivity index (χ0n) is 16.9. The molecule has 0 spiro atoms. The fourth-order valence-corrected chi connectivity index (χ4v) is 4.17. The third-order valence-electron chi connectivity index (χ3n) is 5.86. The van der Waals surface area contributed by atoms with Crippen LogP contribution in [0, 0.1) is 13.8 Å². The third-order valence-corrected chi connectivity index (χ3v) is 5.86. The van der Waals surface area contributed by atoms with Gasteiger partial charge in [-0.25, -0.2) is 0 Å². The zero-order valence-corrected chi connectivity index (χ0v) is 16.9. The number of likely N-dealkylation sites (tertiary alicyclic amines) is 1. The standard InChI is InChI=1S/C24H30N2O2/c1-18-4-7-23(19(2)14-18)28-17-24(27)9-3-12-26(13-10-24)16-20-5-6-22-21(15-20)8-11-25-22/h4-8,11,14-15,25,27H,3,9-10,12-13,16-17H2,1-2H3/t24-/m1/s1. The first-order valence-electron chi connectivity index (χ1n) is 10.2. The molecule has 1 atom stereocenters. The van der Waals surface area contributed by atoms with Crippen LogP contribution in [0.3, 0.4) is 0 Å². The lowest BCUT2D eigenvalue weighted by molar-refractivity contribution is -0.0170. The maximum atomic E-state index is 11.1. The Hall–Kier alpha value is -2.30. The predicted molar refractivity (Wildman–Crippen MR) is 114 cm³/mol. The van der Waals surface area contributed by atoms with E-state index in [-0.39, 0.29) is 0 Å². The van der Waals surface area contributed by atoms with Crippen LogP contribution in [-0.4, -0.2) is 40.3 Å². The molecular weight excluding hydrogens is 348 g/mol. The summed E-state index contributed by atoms with van der Waals surface area (Å²) in [4.78, 5) is 5.69. The number of fused-ring (bicyclic) bond motifs is 1. The van der Waals surface area contributed by atoms with E-state index in [4.69, 9.17) is 4.74 Å². The van der Waals surface area contributed by atoms with Gasteiger partial charge in [-0.05, 0) is 80.4 Å². The molecule has 4 heteroatoms. The normalized spacial score (nSPS) is 21.0. The molecular formula is C24H30N2O2. The van der Waals surface area contributed by atoms with Gasteiger partial charge in [0, 0.05) is 24.8 Å². The van der Waals surface area contributed by atoms with E-state index < -0.39 is 5.60 Å². The van der Waals surface area contributed by atoms with Crippen LogP contribution in [0.15, 0.2) is 48.7 Å². The summed E-state index contributed by atoms with van der Waals surface area (Å²) in [6.07, 6.45) is 4.49. The molecule has 148 valence electrons. The summed E-state index contributed by atoms with van der Waals surface area (Å²) in [6, 6.07) is 14.9. The van der Waals surface area contributed by atoms with E-state index in [9.17, 15) is 5.11 Å². The minimum atomic E-state index is -0.753. The van der Waals surface area contributed by atoms with E-state index in [1.807, 2.05) is 12.3 Å².